The van der Waals surface area contributed by atoms with E-state index in [-0.39, 0.29) is 26.2 Å². The molecule has 0 nitrogen and oxygen atoms in total. The van der Waals surface area contributed by atoms with Crippen molar-refractivity contribution in [2.24, 2.45) is 0 Å². The minimum atomic E-state index is 0. The van der Waals surface area contributed by atoms with Crippen LogP contribution in [0.2, 0.25) is 6.55 Å². The molecule has 0 saturated carbocycles. The van der Waals surface area contributed by atoms with Crippen molar-refractivity contribution in [1.29, 1.82) is 0 Å². The standard InChI is InChI=1S/2C9H7.CH5Si.Zr/c2*1-2-5-9-7-3-6-8(9)4-1;1-2;/h2*1-7H;2H2,1H3;/q2*-1;;+2. The Labute approximate surface area is 149 Å². The number of fused-ring (bicyclic) bond motifs is 2. The van der Waals surface area contributed by atoms with E-state index in [0.717, 1.165) is 0 Å². The second-order valence-corrected chi connectivity index (χ2v) is 4.31. The molecule has 0 N–H and O–H groups in total. The quantitative estimate of drug-likeness (QED) is 0.310. The monoisotopic (exact) mass is 365 g/mol. The summed E-state index contributed by atoms with van der Waals surface area (Å²) < 4.78 is 0. The van der Waals surface area contributed by atoms with E-state index in [9.17, 15) is 0 Å². The van der Waals surface area contributed by atoms with Crippen LogP contribution in [-0.4, -0.2) is 10.2 Å². The largest absolute Gasteiger partial charge is 2.00 e. The number of benzene rings is 2. The van der Waals surface area contributed by atoms with E-state index >= 15 is 0 Å². The van der Waals surface area contributed by atoms with Gasteiger partial charge in [-0.15, -0.1) is 59.3 Å². The minimum Gasteiger partial charge on any atom is -0.168 e. The molecule has 0 amide bonds. The van der Waals surface area contributed by atoms with Gasteiger partial charge >= 0.3 is 26.2 Å². The maximum atomic E-state index is 2.12. The fraction of sp³-hybridized carbons (Fsp3) is 0.0526. The van der Waals surface area contributed by atoms with Crippen molar-refractivity contribution >= 4 is 31.8 Å². The third kappa shape index (κ3) is 4.91. The van der Waals surface area contributed by atoms with Crippen molar-refractivity contribution in [1.82, 2.24) is 0 Å². The fourth-order valence-corrected chi connectivity index (χ4v) is 2.14. The van der Waals surface area contributed by atoms with Gasteiger partial charge in [0.25, 0.3) is 0 Å². The van der Waals surface area contributed by atoms with Crippen LogP contribution in [-0.2, 0) is 26.2 Å². The summed E-state index contributed by atoms with van der Waals surface area (Å²) in [5.74, 6) is 0. The molecular weight excluding hydrogens is 348 g/mol. The van der Waals surface area contributed by atoms with Gasteiger partial charge < -0.3 is 0 Å². The summed E-state index contributed by atoms with van der Waals surface area (Å²) in [4.78, 5) is 0. The molecule has 0 bridgehead atoms. The van der Waals surface area contributed by atoms with E-state index in [0.29, 0.717) is 0 Å². The first-order valence-electron chi connectivity index (χ1n) is 6.85. The normalized spacial score (nSPS) is 9.05. The molecule has 0 spiro atoms. The average Bonchev–Trinajstić information content (AvgIpc) is 3.18. The van der Waals surface area contributed by atoms with Crippen LogP contribution < -0.4 is 0 Å². The van der Waals surface area contributed by atoms with Crippen LogP contribution in [0.1, 0.15) is 0 Å². The Morgan fingerprint density at radius 3 is 1.38 bits per heavy atom. The van der Waals surface area contributed by atoms with Crippen LogP contribution in [0.3, 0.4) is 0 Å². The summed E-state index contributed by atoms with van der Waals surface area (Å²) >= 11 is 0. The topological polar surface area (TPSA) is 0 Å². The van der Waals surface area contributed by atoms with E-state index in [4.69, 9.17) is 0 Å². The van der Waals surface area contributed by atoms with E-state index < -0.39 is 0 Å². The first kappa shape index (κ1) is 17.8. The van der Waals surface area contributed by atoms with E-state index in [1.54, 1.807) is 0 Å². The maximum Gasteiger partial charge on any atom is 2.00 e. The summed E-state index contributed by atoms with van der Waals surface area (Å²) in [5.41, 5.74) is 0. The number of hydrogen-bond donors (Lipinski definition) is 0. The Bertz CT molecular complexity index is 626. The second-order valence-electron chi connectivity index (χ2n) is 4.31. The van der Waals surface area contributed by atoms with Gasteiger partial charge in [0.05, 0.1) is 0 Å². The number of rotatable bonds is 0. The predicted molar refractivity (Wildman–Crippen MR) is 93.5 cm³/mol. The van der Waals surface area contributed by atoms with Crippen LogP contribution in [0, 0.1) is 0 Å². The molecule has 4 rings (SSSR count). The molecule has 4 aromatic carbocycles. The van der Waals surface area contributed by atoms with Gasteiger partial charge in [0, 0.05) is 10.2 Å². The van der Waals surface area contributed by atoms with Crippen LogP contribution in [0.4, 0.5) is 0 Å². The van der Waals surface area contributed by atoms with Gasteiger partial charge in [0.15, 0.2) is 0 Å². The smallest absolute Gasteiger partial charge is 0.168 e. The van der Waals surface area contributed by atoms with Gasteiger partial charge in [-0.1, -0.05) is 18.7 Å². The van der Waals surface area contributed by atoms with Gasteiger partial charge in [0.1, 0.15) is 0 Å². The zero-order chi connectivity index (χ0) is 14.2. The first-order chi connectivity index (χ1) is 9.93. The van der Waals surface area contributed by atoms with E-state index in [1.165, 1.54) is 21.5 Å². The van der Waals surface area contributed by atoms with Crippen molar-refractivity contribution in [2.75, 3.05) is 0 Å². The van der Waals surface area contributed by atoms with Crippen molar-refractivity contribution in [3.63, 3.8) is 0 Å². The molecule has 2 heteroatoms. The summed E-state index contributed by atoms with van der Waals surface area (Å²) in [5, 5.41) is 5.32. The molecule has 0 heterocycles. The third-order valence-corrected chi connectivity index (χ3v) is 3.10. The summed E-state index contributed by atoms with van der Waals surface area (Å²) in [7, 11) is 1.86. The molecule has 0 aliphatic carbocycles. The summed E-state index contributed by atoms with van der Waals surface area (Å²) in [6.07, 6.45) is 0. The van der Waals surface area contributed by atoms with Gasteiger partial charge in [0.2, 0.25) is 0 Å². The van der Waals surface area contributed by atoms with Crippen LogP contribution in [0.5, 0.6) is 0 Å². The van der Waals surface area contributed by atoms with Gasteiger partial charge in [-0.2, -0.15) is 35.0 Å². The molecule has 0 saturated heterocycles. The van der Waals surface area contributed by atoms with Crippen LogP contribution in [0.15, 0.2) is 84.9 Å². The molecule has 103 valence electrons. The Kier molecular flexibility index (Phi) is 8.19. The average molecular weight is 367 g/mol. The molecule has 0 fully saturated rings. The summed E-state index contributed by atoms with van der Waals surface area (Å²) in [6, 6.07) is 29.3. The molecule has 0 atom stereocenters. The Morgan fingerprint density at radius 2 is 1.00 bits per heavy atom. The predicted octanol–water partition coefficient (Wildman–Crippen LogP) is 4.78. The second kappa shape index (κ2) is 9.65. The van der Waals surface area contributed by atoms with Crippen molar-refractivity contribution in [3.05, 3.63) is 84.9 Å². The van der Waals surface area contributed by atoms with Gasteiger partial charge in [-0.25, -0.2) is 0 Å². The van der Waals surface area contributed by atoms with Gasteiger partial charge in [-0.3, -0.25) is 0 Å². The zero-order valence-corrected chi connectivity index (χ0v) is 16.2. The number of hydrogen-bond acceptors (Lipinski definition) is 0. The first-order valence-corrected chi connectivity index (χ1v) is 8.26. The van der Waals surface area contributed by atoms with Crippen molar-refractivity contribution in [2.45, 2.75) is 6.55 Å². The van der Waals surface area contributed by atoms with E-state index in [2.05, 4.69) is 84.9 Å². The minimum absolute atomic E-state index is 0. The zero-order valence-electron chi connectivity index (χ0n) is 12.3. The molecule has 0 aromatic heterocycles. The molecule has 0 aliphatic rings. The molecule has 4 aromatic rings. The molecular formula is C19H19SiZr. The molecule has 0 aliphatic heterocycles. The fourth-order valence-electron chi connectivity index (χ4n) is 2.14. The SMILES string of the molecule is C[SiH2].[Zr+2].c1ccc2[cH-]ccc2c1.c1ccc2[cH-]ccc2c1. The Morgan fingerprint density at radius 1 is 0.619 bits per heavy atom. The van der Waals surface area contributed by atoms with Crippen LogP contribution >= 0.6 is 0 Å². The van der Waals surface area contributed by atoms with Crippen molar-refractivity contribution < 1.29 is 26.2 Å². The Balaban J connectivity index is 0.000000181. The van der Waals surface area contributed by atoms with Gasteiger partial charge in [-0.05, 0) is 0 Å². The van der Waals surface area contributed by atoms with Crippen LogP contribution in [0.25, 0.3) is 21.5 Å². The molecule has 21 heavy (non-hydrogen) atoms. The molecule has 0 unspecified atom stereocenters. The third-order valence-electron chi connectivity index (χ3n) is 3.10. The Hall–Kier alpha value is -1.24. The van der Waals surface area contributed by atoms with E-state index in [1.807, 2.05) is 16.8 Å². The summed E-state index contributed by atoms with van der Waals surface area (Å²) in [6.45, 7) is 2.03. The maximum absolute atomic E-state index is 2.12. The van der Waals surface area contributed by atoms with Crippen molar-refractivity contribution in [3.8, 4) is 0 Å². The molecule has 1 radical (unpaired) electrons.